The van der Waals surface area contributed by atoms with Gasteiger partial charge < -0.3 is 19.5 Å². The normalized spacial score (nSPS) is 18.8. The molecule has 1 aromatic carbocycles. The molecule has 1 aliphatic rings. The molecule has 0 spiro atoms. The van der Waals surface area contributed by atoms with Crippen molar-refractivity contribution in [2.45, 2.75) is 25.3 Å². The van der Waals surface area contributed by atoms with Crippen molar-refractivity contribution in [3.05, 3.63) is 48.0 Å². The van der Waals surface area contributed by atoms with E-state index in [-0.39, 0.29) is 17.9 Å². The first-order valence-corrected chi connectivity index (χ1v) is 8.72. The fourth-order valence-corrected chi connectivity index (χ4v) is 3.49. The van der Waals surface area contributed by atoms with Gasteiger partial charge in [-0.3, -0.25) is 4.79 Å². The molecule has 2 aromatic rings. The second-order valence-corrected chi connectivity index (χ2v) is 6.55. The van der Waals surface area contributed by atoms with Crippen LogP contribution in [-0.2, 0) is 11.8 Å². The molecule has 1 amide bonds. The van der Waals surface area contributed by atoms with Gasteiger partial charge in [0.15, 0.2) is 0 Å². The second kappa shape index (κ2) is 7.70. The molecular formula is C19H26N4O2. The first kappa shape index (κ1) is 17.5. The molecule has 1 aromatic heterocycles. The number of carbonyl (C=O) groups excluding carboxylic acids is 1. The van der Waals surface area contributed by atoms with Crippen LogP contribution in [-0.4, -0.2) is 47.1 Å². The van der Waals surface area contributed by atoms with Gasteiger partial charge >= 0.3 is 0 Å². The third-order valence-electron chi connectivity index (χ3n) is 4.87. The van der Waals surface area contributed by atoms with Crippen molar-refractivity contribution in [2.24, 2.45) is 7.05 Å². The average Bonchev–Trinajstić information content (AvgIpc) is 3.07. The Morgan fingerprint density at radius 1 is 1.44 bits per heavy atom. The minimum Gasteiger partial charge on any atom is -0.496 e. The lowest BCUT2D eigenvalue weighted by Crippen LogP contribution is -2.49. The first-order valence-electron chi connectivity index (χ1n) is 8.72. The Hall–Kier alpha value is -2.34. The van der Waals surface area contributed by atoms with E-state index in [1.807, 2.05) is 47.0 Å². The molecule has 6 nitrogen and oxygen atoms in total. The maximum Gasteiger partial charge on any atom is 0.223 e. The quantitative estimate of drug-likeness (QED) is 0.904. The number of ether oxygens (including phenoxy) is 1. The highest BCUT2D eigenvalue weighted by atomic mass is 16.5. The van der Waals surface area contributed by atoms with Crippen LogP contribution in [0, 0.1) is 0 Å². The molecular weight excluding hydrogens is 316 g/mol. The second-order valence-electron chi connectivity index (χ2n) is 6.55. The summed E-state index contributed by atoms with van der Waals surface area (Å²) in [5.74, 6) is 2.02. The largest absolute Gasteiger partial charge is 0.496 e. The third kappa shape index (κ3) is 3.69. The van der Waals surface area contributed by atoms with Crippen molar-refractivity contribution in [1.29, 1.82) is 0 Å². The predicted octanol–water partition coefficient (Wildman–Crippen LogP) is 2.10. The highest BCUT2D eigenvalue weighted by molar-refractivity contribution is 5.78. The van der Waals surface area contributed by atoms with E-state index in [1.54, 1.807) is 13.3 Å². The number of methoxy groups -OCH3 is 1. The van der Waals surface area contributed by atoms with E-state index in [2.05, 4.69) is 17.2 Å². The van der Waals surface area contributed by atoms with Gasteiger partial charge in [0.1, 0.15) is 17.6 Å². The predicted molar refractivity (Wildman–Crippen MR) is 96.6 cm³/mol. The van der Waals surface area contributed by atoms with Crippen molar-refractivity contribution in [3.63, 3.8) is 0 Å². The van der Waals surface area contributed by atoms with Gasteiger partial charge in [0, 0.05) is 45.5 Å². The molecule has 2 atom stereocenters. The summed E-state index contributed by atoms with van der Waals surface area (Å²) in [5.41, 5.74) is 1.07. The standard InChI is InChI=1S/C19H26N4O2/c1-14(15-6-4-5-7-17(15)25-3)12-18(24)23-11-8-20-13-16(23)19-21-9-10-22(19)2/h4-7,9-10,14,16,20H,8,11-13H2,1-3H3. The van der Waals surface area contributed by atoms with Crippen molar-refractivity contribution < 1.29 is 9.53 Å². The minimum atomic E-state index is -0.0221. The SMILES string of the molecule is COc1ccccc1C(C)CC(=O)N1CCNCC1c1nccn1C. The van der Waals surface area contributed by atoms with Crippen LogP contribution >= 0.6 is 0 Å². The Bertz CT molecular complexity index is 728. The third-order valence-corrected chi connectivity index (χ3v) is 4.87. The van der Waals surface area contributed by atoms with Crippen LogP contribution in [0.4, 0.5) is 0 Å². The fraction of sp³-hybridized carbons (Fsp3) is 0.474. The van der Waals surface area contributed by atoms with E-state index < -0.39 is 0 Å². The number of piperazine rings is 1. The number of rotatable bonds is 5. The number of para-hydroxylation sites is 1. The summed E-state index contributed by atoms with van der Waals surface area (Å²) < 4.78 is 7.43. The van der Waals surface area contributed by atoms with Crippen molar-refractivity contribution >= 4 is 5.91 Å². The number of aromatic nitrogens is 2. The van der Waals surface area contributed by atoms with E-state index in [9.17, 15) is 4.79 Å². The van der Waals surface area contributed by atoms with Crippen LogP contribution in [0.25, 0.3) is 0 Å². The van der Waals surface area contributed by atoms with Gasteiger partial charge in [-0.2, -0.15) is 0 Å². The molecule has 0 bridgehead atoms. The summed E-state index contributed by atoms with van der Waals surface area (Å²) in [5, 5.41) is 3.37. The summed E-state index contributed by atoms with van der Waals surface area (Å²) in [4.78, 5) is 19.4. The molecule has 6 heteroatoms. The minimum absolute atomic E-state index is 0.0221. The van der Waals surface area contributed by atoms with Crippen LogP contribution in [0.15, 0.2) is 36.7 Å². The van der Waals surface area contributed by atoms with Crippen LogP contribution < -0.4 is 10.1 Å². The first-order chi connectivity index (χ1) is 12.1. The number of aryl methyl sites for hydroxylation is 1. The van der Waals surface area contributed by atoms with Crippen molar-refractivity contribution in [2.75, 3.05) is 26.7 Å². The number of benzene rings is 1. The Morgan fingerprint density at radius 3 is 2.96 bits per heavy atom. The lowest BCUT2D eigenvalue weighted by molar-refractivity contribution is -0.135. The van der Waals surface area contributed by atoms with Crippen molar-refractivity contribution in [1.82, 2.24) is 19.8 Å². The summed E-state index contributed by atoms with van der Waals surface area (Å²) in [6.07, 6.45) is 4.16. The molecule has 25 heavy (non-hydrogen) atoms. The van der Waals surface area contributed by atoms with Crippen LogP contribution in [0.1, 0.15) is 36.7 Å². The molecule has 0 radical (unpaired) electrons. The smallest absolute Gasteiger partial charge is 0.223 e. The zero-order chi connectivity index (χ0) is 17.8. The van der Waals surface area contributed by atoms with Crippen LogP contribution in [0.2, 0.25) is 0 Å². The van der Waals surface area contributed by atoms with E-state index in [1.165, 1.54) is 0 Å². The Kier molecular flexibility index (Phi) is 5.38. The van der Waals surface area contributed by atoms with Crippen LogP contribution in [0.5, 0.6) is 5.75 Å². The number of hydrogen-bond acceptors (Lipinski definition) is 4. The zero-order valence-electron chi connectivity index (χ0n) is 15.1. The Balaban J connectivity index is 1.75. The lowest BCUT2D eigenvalue weighted by Gasteiger charge is -2.36. The molecule has 1 fully saturated rings. The fourth-order valence-electron chi connectivity index (χ4n) is 3.49. The van der Waals surface area contributed by atoms with Gasteiger partial charge in [-0.1, -0.05) is 25.1 Å². The van der Waals surface area contributed by atoms with Crippen LogP contribution in [0.3, 0.4) is 0 Å². The zero-order valence-corrected chi connectivity index (χ0v) is 15.1. The lowest BCUT2D eigenvalue weighted by atomic mass is 9.95. The van der Waals surface area contributed by atoms with E-state index in [0.717, 1.165) is 30.2 Å². The Labute approximate surface area is 148 Å². The molecule has 1 saturated heterocycles. The van der Waals surface area contributed by atoms with Gasteiger partial charge in [-0.05, 0) is 17.5 Å². The number of nitrogens with one attached hydrogen (secondary N) is 1. The molecule has 3 rings (SSSR count). The van der Waals surface area contributed by atoms with Gasteiger partial charge in [-0.25, -0.2) is 4.98 Å². The molecule has 0 aliphatic carbocycles. The van der Waals surface area contributed by atoms with E-state index in [4.69, 9.17) is 4.74 Å². The van der Waals surface area contributed by atoms with Gasteiger partial charge in [0.05, 0.1) is 7.11 Å². The topological polar surface area (TPSA) is 59.4 Å². The monoisotopic (exact) mass is 342 g/mol. The maximum atomic E-state index is 13.0. The van der Waals surface area contributed by atoms with Crippen molar-refractivity contribution in [3.8, 4) is 5.75 Å². The number of amides is 1. The van der Waals surface area contributed by atoms with Gasteiger partial charge in [-0.15, -0.1) is 0 Å². The summed E-state index contributed by atoms with van der Waals surface area (Å²) in [7, 11) is 3.64. The number of carbonyl (C=O) groups is 1. The number of imidazole rings is 1. The average molecular weight is 342 g/mol. The van der Waals surface area contributed by atoms with E-state index >= 15 is 0 Å². The summed E-state index contributed by atoms with van der Waals surface area (Å²) in [6.45, 7) is 4.33. The number of nitrogens with zero attached hydrogens (tertiary/aromatic N) is 3. The molecule has 2 heterocycles. The molecule has 0 saturated carbocycles. The van der Waals surface area contributed by atoms with E-state index in [0.29, 0.717) is 13.0 Å². The number of hydrogen-bond donors (Lipinski definition) is 1. The molecule has 1 aliphatic heterocycles. The highest BCUT2D eigenvalue weighted by Gasteiger charge is 2.31. The van der Waals surface area contributed by atoms with Gasteiger partial charge in [0.2, 0.25) is 5.91 Å². The molecule has 134 valence electrons. The molecule has 1 N–H and O–H groups in total. The Morgan fingerprint density at radius 2 is 2.24 bits per heavy atom. The summed E-state index contributed by atoms with van der Waals surface area (Å²) >= 11 is 0. The van der Waals surface area contributed by atoms with Gasteiger partial charge in [0.25, 0.3) is 0 Å². The summed E-state index contributed by atoms with van der Waals surface area (Å²) in [6, 6.07) is 7.89. The maximum absolute atomic E-state index is 13.0. The highest BCUT2D eigenvalue weighted by Crippen LogP contribution is 2.30. The molecule has 2 unspecified atom stereocenters.